The second-order valence-corrected chi connectivity index (χ2v) is 2.92. The van der Waals surface area contributed by atoms with E-state index in [-0.39, 0.29) is 6.04 Å². The van der Waals surface area contributed by atoms with Gasteiger partial charge in [0.05, 0.1) is 0 Å². The van der Waals surface area contributed by atoms with Crippen molar-refractivity contribution in [2.24, 2.45) is 4.99 Å². The van der Waals surface area contributed by atoms with Crippen molar-refractivity contribution in [1.82, 2.24) is 0 Å². The van der Waals surface area contributed by atoms with E-state index in [0.29, 0.717) is 12.5 Å². The molecular formula is C10H10FNO. The van der Waals surface area contributed by atoms with Crippen LogP contribution in [0.4, 0.5) is 4.39 Å². The monoisotopic (exact) mass is 179 g/mol. The molecule has 2 nitrogen and oxygen atoms in total. The molecule has 1 aliphatic heterocycles. The molecule has 0 fully saturated rings. The number of aliphatic imine (C=N–C) groups is 1. The van der Waals surface area contributed by atoms with E-state index in [1.54, 1.807) is 0 Å². The minimum atomic E-state index is -0.448. The summed E-state index contributed by atoms with van der Waals surface area (Å²) in [6, 6.07) is 9.23. The van der Waals surface area contributed by atoms with Crippen molar-refractivity contribution >= 4 is 5.90 Å². The summed E-state index contributed by atoms with van der Waals surface area (Å²) in [4.78, 5) is 4.10. The standard InChI is InChI=1S/C10H10FNO/c11-6-9-7-13-10(12-9)8-4-2-1-3-5-8/h1-5,9H,6-7H2. The Morgan fingerprint density at radius 1 is 1.38 bits per heavy atom. The summed E-state index contributed by atoms with van der Waals surface area (Å²) in [6.07, 6.45) is 0. The summed E-state index contributed by atoms with van der Waals surface area (Å²) in [6.45, 7) is -0.0862. The Morgan fingerprint density at radius 2 is 2.15 bits per heavy atom. The van der Waals surface area contributed by atoms with Gasteiger partial charge in [0.2, 0.25) is 5.90 Å². The Balaban J connectivity index is 2.19. The maximum atomic E-state index is 12.2. The highest BCUT2D eigenvalue weighted by molar-refractivity contribution is 5.95. The number of rotatable bonds is 2. The van der Waals surface area contributed by atoms with Crippen LogP contribution >= 0.6 is 0 Å². The lowest BCUT2D eigenvalue weighted by Gasteiger charge is -1.99. The van der Waals surface area contributed by atoms with Gasteiger partial charge in [0, 0.05) is 5.56 Å². The molecule has 68 valence electrons. The Bertz CT molecular complexity index is 310. The minimum absolute atomic E-state index is 0.310. The van der Waals surface area contributed by atoms with Crippen molar-refractivity contribution in [1.29, 1.82) is 0 Å². The first-order chi connectivity index (χ1) is 6.40. The molecule has 0 saturated carbocycles. The SMILES string of the molecule is FCC1COC(c2ccccc2)=N1. The van der Waals surface area contributed by atoms with Crippen LogP contribution in [0.2, 0.25) is 0 Å². The van der Waals surface area contributed by atoms with Gasteiger partial charge < -0.3 is 4.74 Å². The second-order valence-electron chi connectivity index (χ2n) is 2.92. The molecule has 1 aliphatic rings. The largest absolute Gasteiger partial charge is 0.475 e. The Labute approximate surface area is 76.1 Å². The molecule has 3 heteroatoms. The van der Waals surface area contributed by atoms with Crippen LogP contribution in [0.25, 0.3) is 0 Å². The third-order valence-corrected chi connectivity index (χ3v) is 1.91. The quantitative estimate of drug-likeness (QED) is 0.678. The van der Waals surface area contributed by atoms with Crippen molar-refractivity contribution in [3.05, 3.63) is 35.9 Å². The van der Waals surface area contributed by atoms with E-state index in [1.807, 2.05) is 30.3 Å². The molecule has 2 rings (SSSR count). The van der Waals surface area contributed by atoms with Gasteiger partial charge in [0.1, 0.15) is 19.3 Å². The zero-order chi connectivity index (χ0) is 9.10. The molecule has 13 heavy (non-hydrogen) atoms. The van der Waals surface area contributed by atoms with Gasteiger partial charge in [0.15, 0.2) is 0 Å². The summed E-state index contributed by atoms with van der Waals surface area (Å²) in [7, 11) is 0. The first kappa shape index (κ1) is 8.23. The van der Waals surface area contributed by atoms with Gasteiger partial charge in [-0.3, -0.25) is 0 Å². The van der Waals surface area contributed by atoms with Crippen LogP contribution in [0.15, 0.2) is 35.3 Å². The predicted octanol–water partition coefficient (Wildman–Crippen LogP) is 1.80. The van der Waals surface area contributed by atoms with Crippen LogP contribution in [0.3, 0.4) is 0 Å². The maximum Gasteiger partial charge on any atom is 0.216 e. The van der Waals surface area contributed by atoms with Gasteiger partial charge in [-0.1, -0.05) is 18.2 Å². The van der Waals surface area contributed by atoms with Gasteiger partial charge in [-0.05, 0) is 12.1 Å². The van der Waals surface area contributed by atoms with E-state index < -0.39 is 6.67 Å². The molecule has 0 bridgehead atoms. The summed E-state index contributed by atoms with van der Waals surface area (Å²) < 4.78 is 17.5. The number of halogens is 1. The van der Waals surface area contributed by atoms with Crippen molar-refractivity contribution in [3.63, 3.8) is 0 Å². The van der Waals surface area contributed by atoms with E-state index in [2.05, 4.69) is 4.99 Å². The van der Waals surface area contributed by atoms with E-state index in [0.717, 1.165) is 5.56 Å². The lowest BCUT2D eigenvalue weighted by Crippen LogP contribution is -2.07. The van der Waals surface area contributed by atoms with Crippen LogP contribution in [0.1, 0.15) is 5.56 Å². The molecule has 0 N–H and O–H groups in total. The zero-order valence-electron chi connectivity index (χ0n) is 7.11. The van der Waals surface area contributed by atoms with Gasteiger partial charge in [-0.15, -0.1) is 0 Å². The molecule has 0 aromatic heterocycles. The number of benzene rings is 1. The fourth-order valence-corrected chi connectivity index (χ4v) is 1.23. The summed E-state index contributed by atoms with van der Waals surface area (Å²) in [5.74, 6) is 0.559. The van der Waals surface area contributed by atoms with Crippen LogP contribution in [0.5, 0.6) is 0 Å². The van der Waals surface area contributed by atoms with E-state index in [1.165, 1.54) is 0 Å². The Hall–Kier alpha value is -1.38. The van der Waals surface area contributed by atoms with Gasteiger partial charge >= 0.3 is 0 Å². The van der Waals surface area contributed by atoms with Crippen molar-refractivity contribution in [3.8, 4) is 0 Å². The van der Waals surface area contributed by atoms with Crippen molar-refractivity contribution in [2.45, 2.75) is 6.04 Å². The lowest BCUT2D eigenvalue weighted by atomic mass is 10.2. The molecule has 1 aromatic rings. The highest BCUT2D eigenvalue weighted by Gasteiger charge is 2.19. The predicted molar refractivity (Wildman–Crippen MR) is 48.7 cm³/mol. The molecule has 1 atom stereocenters. The van der Waals surface area contributed by atoms with Crippen molar-refractivity contribution < 1.29 is 9.13 Å². The topological polar surface area (TPSA) is 21.6 Å². The molecule has 1 heterocycles. The summed E-state index contributed by atoms with van der Waals surface area (Å²) >= 11 is 0. The van der Waals surface area contributed by atoms with E-state index in [9.17, 15) is 4.39 Å². The molecule has 0 amide bonds. The second kappa shape index (κ2) is 3.56. The number of alkyl halides is 1. The molecule has 1 unspecified atom stereocenters. The lowest BCUT2D eigenvalue weighted by molar-refractivity contribution is 0.292. The third kappa shape index (κ3) is 1.69. The molecule has 0 aliphatic carbocycles. The maximum absolute atomic E-state index is 12.2. The normalized spacial score (nSPS) is 21.0. The average molecular weight is 179 g/mol. The van der Waals surface area contributed by atoms with Crippen LogP contribution in [0, 0.1) is 0 Å². The Morgan fingerprint density at radius 3 is 2.77 bits per heavy atom. The highest BCUT2D eigenvalue weighted by atomic mass is 19.1. The minimum Gasteiger partial charge on any atom is -0.475 e. The first-order valence-electron chi connectivity index (χ1n) is 4.22. The molecule has 0 saturated heterocycles. The molecule has 1 aromatic carbocycles. The zero-order valence-corrected chi connectivity index (χ0v) is 7.11. The number of ether oxygens (including phenoxy) is 1. The van der Waals surface area contributed by atoms with Crippen LogP contribution < -0.4 is 0 Å². The van der Waals surface area contributed by atoms with Crippen LogP contribution in [-0.4, -0.2) is 25.2 Å². The molecule has 0 radical (unpaired) electrons. The number of nitrogens with zero attached hydrogens (tertiary/aromatic N) is 1. The Kier molecular flexibility index (Phi) is 2.25. The third-order valence-electron chi connectivity index (χ3n) is 1.91. The molecule has 0 spiro atoms. The van der Waals surface area contributed by atoms with E-state index in [4.69, 9.17) is 4.74 Å². The average Bonchev–Trinajstić information content (AvgIpc) is 2.67. The van der Waals surface area contributed by atoms with Gasteiger partial charge in [-0.25, -0.2) is 9.38 Å². The first-order valence-corrected chi connectivity index (χ1v) is 4.22. The van der Waals surface area contributed by atoms with Crippen molar-refractivity contribution in [2.75, 3.05) is 13.3 Å². The molecular weight excluding hydrogens is 169 g/mol. The highest BCUT2D eigenvalue weighted by Crippen LogP contribution is 2.11. The van der Waals surface area contributed by atoms with Gasteiger partial charge in [-0.2, -0.15) is 0 Å². The number of hydrogen-bond donors (Lipinski definition) is 0. The fraction of sp³-hybridized carbons (Fsp3) is 0.300. The van der Waals surface area contributed by atoms with E-state index >= 15 is 0 Å². The fourth-order valence-electron chi connectivity index (χ4n) is 1.23. The van der Waals surface area contributed by atoms with Gasteiger partial charge in [0.25, 0.3) is 0 Å². The smallest absolute Gasteiger partial charge is 0.216 e. The summed E-state index contributed by atoms with van der Waals surface area (Å²) in [5.41, 5.74) is 0.915. The number of hydrogen-bond acceptors (Lipinski definition) is 2. The summed E-state index contributed by atoms with van der Waals surface area (Å²) in [5, 5.41) is 0. The van der Waals surface area contributed by atoms with Crippen LogP contribution in [-0.2, 0) is 4.74 Å².